The van der Waals surface area contributed by atoms with Crippen LogP contribution in [-0.2, 0) is 28.5 Å². The molecule has 2 aliphatic heterocycles. The van der Waals surface area contributed by atoms with Crippen molar-refractivity contribution in [1.82, 2.24) is 35.3 Å². The number of fused-ring (bicyclic) bond motifs is 1. The number of alkyl halides is 3. The molecule has 5 aromatic rings. The van der Waals surface area contributed by atoms with Crippen LogP contribution in [0.25, 0.3) is 17.1 Å². The molecular weight excluding hydrogens is 942 g/mol. The van der Waals surface area contributed by atoms with Crippen molar-refractivity contribution in [2.45, 2.75) is 25.1 Å². The van der Waals surface area contributed by atoms with Gasteiger partial charge in [-0.15, -0.1) is 0 Å². The van der Waals surface area contributed by atoms with Crippen LogP contribution in [0.4, 0.5) is 24.7 Å². The van der Waals surface area contributed by atoms with Gasteiger partial charge in [0, 0.05) is 35.9 Å². The summed E-state index contributed by atoms with van der Waals surface area (Å²) in [4.78, 5) is 96.9. The van der Waals surface area contributed by atoms with Crippen LogP contribution in [0.3, 0.4) is 0 Å². The lowest BCUT2D eigenvalue weighted by atomic mass is 10.0. The zero-order valence-electron chi connectivity index (χ0n) is 37.3. The van der Waals surface area contributed by atoms with Crippen molar-refractivity contribution >= 4 is 52.9 Å². The maximum atomic E-state index is 13.2. The van der Waals surface area contributed by atoms with E-state index < -0.39 is 54.2 Å². The second-order valence-electron chi connectivity index (χ2n) is 15.3. The zero-order valence-corrected chi connectivity index (χ0v) is 37.3. The van der Waals surface area contributed by atoms with Crippen molar-refractivity contribution in [2.75, 3.05) is 76.6 Å². The van der Waals surface area contributed by atoms with Crippen molar-refractivity contribution in [3.63, 3.8) is 0 Å². The minimum atomic E-state index is -4.47. The normalized spacial score (nSPS) is 14.4. The van der Waals surface area contributed by atoms with E-state index in [2.05, 4.69) is 48.2 Å². The van der Waals surface area contributed by atoms with Crippen LogP contribution in [-0.4, -0.2) is 144 Å². The summed E-state index contributed by atoms with van der Waals surface area (Å²) >= 11 is 0. The molecule has 3 aromatic heterocycles. The van der Waals surface area contributed by atoms with Crippen molar-refractivity contribution < 1.29 is 70.1 Å². The number of pyridine rings is 1. The van der Waals surface area contributed by atoms with E-state index in [-0.39, 0.29) is 110 Å². The Morgan fingerprint density at radius 1 is 0.901 bits per heavy atom. The van der Waals surface area contributed by atoms with Crippen LogP contribution in [0.1, 0.15) is 70.5 Å². The largest absolute Gasteiger partial charge is 0.444 e. The average molecular weight is 985 g/mol. The number of hydrogen-bond acceptors (Lipinski definition) is 16. The number of amides is 7. The number of hydrogen-bond donors (Lipinski definition) is 5. The number of piperidine rings is 1. The molecule has 0 spiro atoms. The smallest absolute Gasteiger partial charge is 0.405 e. The molecule has 2 aromatic carbocycles. The Hall–Kier alpha value is -8.31. The standard InChI is InChI=1S/C46H43F3N10O12/c47-46(48,49)26-53-35-23-29(12-13-51-35)43-55-33(25-71-43)41(63)54-32-24-58(57-38(32)39(50)61)30-8-6-28(7-9-30)40(62)52-14-16-68-18-20-70-22-21-69-19-17-67-15-2-4-27-3-1-5-31-37(27)45(66)59(44(31)65)34-10-11-36(60)56-42(34)64/h1,3,5-9,12-13,23-25,34H,10-11,14-22,26H2,(H2,50,61)(H,51,53)(H,52,62)(H,54,63)(H,56,60,64). The van der Waals surface area contributed by atoms with Crippen molar-refractivity contribution in [3.8, 4) is 29.0 Å². The number of primary amides is 1. The molecule has 7 rings (SSSR count). The van der Waals surface area contributed by atoms with E-state index >= 15 is 0 Å². The van der Waals surface area contributed by atoms with E-state index in [9.17, 15) is 46.7 Å². The number of rotatable bonds is 22. The number of nitrogens with one attached hydrogen (secondary N) is 4. The van der Waals surface area contributed by atoms with E-state index in [1.807, 2.05) is 0 Å². The first-order chi connectivity index (χ1) is 34.2. The molecular formula is C46H43F3N10O12. The topological polar surface area (TPSA) is 291 Å². The Morgan fingerprint density at radius 2 is 1.62 bits per heavy atom. The number of oxazole rings is 1. The highest BCUT2D eigenvalue weighted by molar-refractivity contribution is 6.24. The average Bonchev–Trinajstić information content (AvgIpc) is 4.08. The van der Waals surface area contributed by atoms with Gasteiger partial charge in [-0.05, 0) is 55.0 Å². The minimum Gasteiger partial charge on any atom is -0.444 e. The maximum absolute atomic E-state index is 13.2. The van der Waals surface area contributed by atoms with Crippen molar-refractivity contribution in [3.05, 3.63) is 107 Å². The van der Waals surface area contributed by atoms with Crippen LogP contribution >= 0.6 is 0 Å². The molecule has 370 valence electrons. The minimum absolute atomic E-state index is 0.0214. The fourth-order valence-corrected chi connectivity index (χ4v) is 6.97. The van der Waals surface area contributed by atoms with Crippen molar-refractivity contribution in [2.24, 2.45) is 5.73 Å². The SMILES string of the molecule is NC(=O)c1nn(-c2ccc(C(=O)NCCOCCOCCOCCOCC#Cc3cccc4c3C(=O)N(C3CCC(=O)NC3=O)C4=O)cc2)cc1NC(=O)c1coc(-c2ccnc(NCC(F)(F)F)c2)n1. The van der Waals surface area contributed by atoms with E-state index in [1.165, 1.54) is 47.4 Å². The summed E-state index contributed by atoms with van der Waals surface area (Å²) in [6.45, 7) is 0.811. The molecule has 5 heterocycles. The number of nitrogens with zero attached hydrogens (tertiary/aromatic N) is 5. The summed E-state index contributed by atoms with van der Waals surface area (Å²) in [5, 5.41) is 13.7. The molecule has 2 aliphatic rings. The van der Waals surface area contributed by atoms with Crippen LogP contribution < -0.4 is 27.0 Å². The third-order valence-corrected chi connectivity index (χ3v) is 10.3. The van der Waals surface area contributed by atoms with Gasteiger partial charge in [0.15, 0.2) is 11.4 Å². The molecule has 1 fully saturated rings. The van der Waals surface area contributed by atoms with E-state index in [1.54, 1.807) is 24.3 Å². The molecule has 25 heteroatoms. The van der Waals surface area contributed by atoms with Gasteiger partial charge >= 0.3 is 6.18 Å². The third kappa shape index (κ3) is 13.3. The molecule has 22 nitrogen and oxygen atoms in total. The van der Waals surface area contributed by atoms with Gasteiger partial charge in [-0.1, -0.05) is 17.9 Å². The lowest BCUT2D eigenvalue weighted by molar-refractivity contribution is -0.136. The second-order valence-corrected chi connectivity index (χ2v) is 15.3. The molecule has 0 bridgehead atoms. The van der Waals surface area contributed by atoms with Crippen molar-refractivity contribution in [1.29, 1.82) is 0 Å². The summed E-state index contributed by atoms with van der Waals surface area (Å²) in [5.74, 6) is 0.981. The maximum Gasteiger partial charge on any atom is 0.405 e. The first-order valence-electron chi connectivity index (χ1n) is 21.6. The van der Waals surface area contributed by atoms with Gasteiger partial charge in [0.25, 0.3) is 29.5 Å². The van der Waals surface area contributed by atoms with Crippen LogP contribution in [0, 0.1) is 11.8 Å². The lowest BCUT2D eigenvalue weighted by Crippen LogP contribution is -2.54. The molecule has 1 atom stereocenters. The second kappa shape index (κ2) is 23.3. The van der Waals surface area contributed by atoms with Gasteiger partial charge < -0.3 is 45.0 Å². The predicted octanol–water partition coefficient (Wildman–Crippen LogP) is 2.50. The number of aromatic nitrogens is 4. The monoisotopic (exact) mass is 984 g/mol. The summed E-state index contributed by atoms with van der Waals surface area (Å²) in [5.41, 5.74) is 6.51. The molecule has 1 saturated heterocycles. The highest BCUT2D eigenvalue weighted by atomic mass is 19.4. The summed E-state index contributed by atoms with van der Waals surface area (Å²) in [6, 6.07) is 12.5. The van der Waals surface area contributed by atoms with Gasteiger partial charge in [-0.2, -0.15) is 18.3 Å². The number of benzene rings is 2. The van der Waals surface area contributed by atoms with Crippen LogP contribution in [0.15, 0.2) is 77.7 Å². The molecule has 0 saturated carbocycles. The Morgan fingerprint density at radius 3 is 2.32 bits per heavy atom. The van der Waals surface area contributed by atoms with Crippen LogP contribution in [0.5, 0.6) is 0 Å². The number of carbonyl (C=O) groups excluding carboxylic acids is 7. The van der Waals surface area contributed by atoms with Gasteiger partial charge in [0.2, 0.25) is 17.7 Å². The number of ether oxygens (including phenoxy) is 4. The predicted molar refractivity (Wildman–Crippen MR) is 240 cm³/mol. The number of carbonyl (C=O) groups is 7. The molecule has 7 amide bonds. The molecule has 6 N–H and O–H groups in total. The highest BCUT2D eigenvalue weighted by Crippen LogP contribution is 2.30. The Bertz CT molecular complexity index is 2870. The first-order valence-corrected chi connectivity index (χ1v) is 21.6. The van der Waals surface area contributed by atoms with E-state index in [0.29, 0.717) is 30.0 Å². The van der Waals surface area contributed by atoms with Gasteiger partial charge in [-0.3, -0.25) is 43.8 Å². The van der Waals surface area contributed by atoms with Crippen LogP contribution in [0.2, 0.25) is 0 Å². The fourth-order valence-electron chi connectivity index (χ4n) is 6.97. The van der Waals surface area contributed by atoms with E-state index in [0.717, 1.165) is 11.2 Å². The molecule has 0 radical (unpaired) electrons. The highest BCUT2D eigenvalue weighted by Gasteiger charge is 2.45. The third-order valence-electron chi connectivity index (χ3n) is 10.3. The molecule has 0 aliphatic carbocycles. The quantitative estimate of drug-likeness (QED) is 0.0378. The molecule has 71 heavy (non-hydrogen) atoms. The van der Waals surface area contributed by atoms with Gasteiger partial charge in [0.1, 0.15) is 31.3 Å². The Kier molecular flexibility index (Phi) is 16.6. The van der Waals surface area contributed by atoms with E-state index in [4.69, 9.17) is 29.1 Å². The molecule has 1 unspecified atom stereocenters. The number of halogens is 3. The number of imide groups is 2. The lowest BCUT2D eigenvalue weighted by Gasteiger charge is -2.27. The summed E-state index contributed by atoms with van der Waals surface area (Å²) in [7, 11) is 0. The van der Waals surface area contributed by atoms with Gasteiger partial charge in [-0.25, -0.2) is 14.6 Å². The first kappa shape index (κ1) is 50.6. The summed E-state index contributed by atoms with van der Waals surface area (Å²) in [6.07, 6.45) is -0.793. The summed E-state index contributed by atoms with van der Waals surface area (Å²) < 4.78 is 66.5. The number of nitrogens with two attached hydrogens (primary N) is 1. The number of anilines is 2. The Labute approximate surface area is 400 Å². The zero-order chi connectivity index (χ0) is 50.5. The Balaban J connectivity index is 0.746. The van der Waals surface area contributed by atoms with Gasteiger partial charge in [0.05, 0.1) is 74.9 Å². The fraction of sp³-hybridized carbons (Fsp3) is 0.304.